The van der Waals surface area contributed by atoms with E-state index in [0.717, 1.165) is 27.7 Å². The van der Waals surface area contributed by atoms with Crippen molar-refractivity contribution in [3.05, 3.63) is 66.2 Å². The number of amides is 1. The predicted octanol–water partition coefficient (Wildman–Crippen LogP) is 4.01. The quantitative estimate of drug-likeness (QED) is 0.366. The Kier molecular flexibility index (Phi) is 5.14. The Morgan fingerprint density at radius 2 is 1.61 bits per heavy atom. The monoisotopic (exact) mass is 442 g/mol. The Morgan fingerprint density at radius 1 is 0.939 bits per heavy atom. The lowest BCUT2D eigenvalue weighted by Crippen LogP contribution is -2.27. The van der Waals surface area contributed by atoms with Gasteiger partial charge in [-0.3, -0.25) is 14.9 Å². The van der Waals surface area contributed by atoms with Gasteiger partial charge in [0.2, 0.25) is 5.82 Å². The van der Waals surface area contributed by atoms with E-state index in [1.807, 2.05) is 43.3 Å². The molecule has 0 aliphatic rings. The molecule has 5 aromatic rings. The van der Waals surface area contributed by atoms with E-state index in [1.165, 1.54) is 0 Å². The number of nitrogens with one attached hydrogen (secondary N) is 3. The van der Waals surface area contributed by atoms with Crippen molar-refractivity contribution in [2.45, 2.75) is 13.0 Å². The zero-order chi connectivity index (χ0) is 22.9. The van der Waals surface area contributed by atoms with Crippen molar-refractivity contribution < 1.29 is 14.3 Å². The van der Waals surface area contributed by atoms with Gasteiger partial charge < -0.3 is 19.9 Å². The molecule has 9 nitrogen and oxygen atoms in total. The van der Waals surface area contributed by atoms with Crippen LogP contribution < -0.4 is 14.8 Å². The summed E-state index contributed by atoms with van der Waals surface area (Å²) in [6, 6.07) is 12.8. The number of benzene rings is 2. The highest BCUT2D eigenvalue weighted by Crippen LogP contribution is 2.29. The van der Waals surface area contributed by atoms with Gasteiger partial charge in [0.1, 0.15) is 11.5 Å². The minimum Gasteiger partial charge on any atom is -0.497 e. The second-order valence-electron chi connectivity index (χ2n) is 7.64. The van der Waals surface area contributed by atoms with Crippen molar-refractivity contribution in [2.24, 2.45) is 0 Å². The number of aromatic amines is 2. The van der Waals surface area contributed by atoms with E-state index in [2.05, 4.69) is 30.5 Å². The highest BCUT2D eigenvalue weighted by atomic mass is 16.5. The summed E-state index contributed by atoms with van der Waals surface area (Å²) in [4.78, 5) is 25.9. The number of carbonyl (C=O) groups excluding carboxylic acids is 1. The van der Waals surface area contributed by atoms with Crippen LogP contribution in [0.2, 0.25) is 0 Å². The van der Waals surface area contributed by atoms with Crippen molar-refractivity contribution in [1.29, 1.82) is 0 Å². The summed E-state index contributed by atoms with van der Waals surface area (Å²) in [5.41, 5.74) is 4.92. The van der Waals surface area contributed by atoms with Gasteiger partial charge in [-0.05, 0) is 48.9 Å². The van der Waals surface area contributed by atoms with E-state index in [1.54, 1.807) is 32.7 Å². The molecule has 3 heterocycles. The number of pyridine rings is 1. The first-order chi connectivity index (χ1) is 16.1. The lowest BCUT2D eigenvalue weighted by atomic mass is 10.1. The molecule has 0 saturated carbocycles. The summed E-state index contributed by atoms with van der Waals surface area (Å²) in [5.74, 6) is 1.06. The van der Waals surface area contributed by atoms with Crippen LogP contribution >= 0.6 is 0 Å². The minimum atomic E-state index is -0.356. The number of ether oxygens (including phenoxy) is 2. The van der Waals surface area contributed by atoms with Gasteiger partial charge in [0, 0.05) is 29.4 Å². The molecule has 3 aromatic heterocycles. The number of hydrogen-bond donors (Lipinski definition) is 3. The highest BCUT2D eigenvalue weighted by Gasteiger charge is 2.19. The molecule has 2 aromatic carbocycles. The lowest BCUT2D eigenvalue weighted by molar-refractivity contribution is 0.0930. The predicted molar refractivity (Wildman–Crippen MR) is 124 cm³/mol. The molecule has 1 atom stereocenters. The Balaban J connectivity index is 1.43. The number of rotatable bonds is 6. The smallest absolute Gasteiger partial charge is 0.289 e. The third-order valence-electron chi connectivity index (χ3n) is 5.55. The third-order valence-corrected chi connectivity index (χ3v) is 5.55. The van der Waals surface area contributed by atoms with Crippen LogP contribution in [-0.2, 0) is 0 Å². The number of carbonyl (C=O) groups is 1. The van der Waals surface area contributed by atoms with Crippen LogP contribution in [0.3, 0.4) is 0 Å². The molecule has 0 spiro atoms. The van der Waals surface area contributed by atoms with Crippen LogP contribution in [0.25, 0.3) is 33.2 Å². The number of imidazole rings is 1. The van der Waals surface area contributed by atoms with Gasteiger partial charge in [0.05, 0.1) is 42.5 Å². The first-order valence-electron chi connectivity index (χ1n) is 10.4. The summed E-state index contributed by atoms with van der Waals surface area (Å²) in [7, 11) is 3.18. The molecule has 9 heteroatoms. The summed E-state index contributed by atoms with van der Waals surface area (Å²) < 4.78 is 10.6. The van der Waals surface area contributed by atoms with E-state index in [4.69, 9.17) is 9.47 Å². The number of fused-ring (bicyclic) bond motifs is 2. The van der Waals surface area contributed by atoms with E-state index in [9.17, 15) is 4.79 Å². The molecule has 0 aliphatic carbocycles. The molecule has 0 aliphatic heterocycles. The Bertz CT molecular complexity index is 1440. The Morgan fingerprint density at radius 3 is 2.27 bits per heavy atom. The maximum absolute atomic E-state index is 12.9. The van der Waals surface area contributed by atoms with Gasteiger partial charge >= 0.3 is 0 Å². The van der Waals surface area contributed by atoms with Gasteiger partial charge in [-0.2, -0.15) is 0 Å². The Hall–Kier alpha value is -4.40. The zero-order valence-corrected chi connectivity index (χ0v) is 18.3. The fraction of sp³-hybridized carbons (Fsp3) is 0.167. The number of methoxy groups -OCH3 is 2. The van der Waals surface area contributed by atoms with Crippen molar-refractivity contribution >= 4 is 27.8 Å². The summed E-state index contributed by atoms with van der Waals surface area (Å²) in [5, 5.41) is 10.3. The molecule has 5 rings (SSSR count). The highest BCUT2D eigenvalue weighted by molar-refractivity contribution is 6.02. The zero-order valence-electron chi connectivity index (χ0n) is 18.3. The van der Waals surface area contributed by atoms with E-state index in [0.29, 0.717) is 22.5 Å². The molecular weight excluding hydrogens is 420 g/mol. The standard InChI is InChI=1S/C24H22N6O3/c1-13(15-8-16(32-2)10-17(9-15)33-3)26-24(31)23-27-20-11-18-19(12-21(20)28-23)29-30-22(18)14-4-6-25-7-5-14/h4-13,29-30H,1-3H3,(H,26,31). The minimum absolute atomic E-state index is 0.119. The average Bonchev–Trinajstić information content (AvgIpc) is 3.46. The second kappa shape index (κ2) is 8.27. The van der Waals surface area contributed by atoms with Crippen LogP contribution in [-0.4, -0.2) is 45.3 Å². The van der Waals surface area contributed by atoms with Gasteiger partial charge in [0.15, 0.2) is 0 Å². The summed E-state index contributed by atoms with van der Waals surface area (Å²) in [6.45, 7) is 1.88. The van der Waals surface area contributed by atoms with E-state index >= 15 is 0 Å². The first kappa shape index (κ1) is 20.5. The van der Waals surface area contributed by atoms with Gasteiger partial charge in [0.25, 0.3) is 5.91 Å². The molecule has 3 N–H and O–H groups in total. The maximum atomic E-state index is 12.9. The van der Waals surface area contributed by atoms with Crippen LogP contribution in [0.4, 0.5) is 0 Å². The maximum Gasteiger partial charge on any atom is 0.289 e. The molecule has 1 unspecified atom stereocenters. The molecule has 0 fully saturated rings. The fourth-order valence-electron chi connectivity index (χ4n) is 3.79. The lowest BCUT2D eigenvalue weighted by Gasteiger charge is -2.15. The van der Waals surface area contributed by atoms with Gasteiger partial charge in [-0.25, -0.2) is 9.97 Å². The molecule has 0 radical (unpaired) electrons. The average molecular weight is 442 g/mol. The molecule has 166 valence electrons. The topological polar surface area (TPSA) is 118 Å². The van der Waals surface area contributed by atoms with Crippen LogP contribution in [0.5, 0.6) is 11.5 Å². The second-order valence-corrected chi connectivity index (χ2v) is 7.64. The molecular formula is C24H22N6O3. The summed E-state index contributed by atoms with van der Waals surface area (Å²) >= 11 is 0. The van der Waals surface area contributed by atoms with Crippen molar-refractivity contribution in [2.75, 3.05) is 14.2 Å². The van der Waals surface area contributed by atoms with Gasteiger partial charge in [-0.15, -0.1) is 0 Å². The van der Waals surface area contributed by atoms with Crippen molar-refractivity contribution in [3.8, 4) is 22.8 Å². The first-order valence-corrected chi connectivity index (χ1v) is 10.4. The Labute approximate surface area is 189 Å². The number of aromatic nitrogens is 5. The van der Waals surface area contributed by atoms with E-state index in [-0.39, 0.29) is 17.8 Å². The molecule has 0 bridgehead atoms. The normalized spacial score (nSPS) is 12.1. The molecule has 1 amide bonds. The van der Waals surface area contributed by atoms with Crippen LogP contribution in [0.15, 0.2) is 54.9 Å². The largest absolute Gasteiger partial charge is 0.497 e. The third kappa shape index (κ3) is 3.84. The summed E-state index contributed by atoms with van der Waals surface area (Å²) in [6.07, 6.45) is 3.48. The van der Waals surface area contributed by atoms with Gasteiger partial charge in [-0.1, -0.05) is 0 Å². The van der Waals surface area contributed by atoms with E-state index < -0.39 is 0 Å². The number of nitrogens with zero attached hydrogens (tertiary/aromatic N) is 3. The number of H-pyrrole nitrogens is 2. The molecule has 0 saturated heterocycles. The van der Waals surface area contributed by atoms with Crippen LogP contribution in [0.1, 0.15) is 29.1 Å². The fourth-order valence-corrected chi connectivity index (χ4v) is 3.79. The van der Waals surface area contributed by atoms with Crippen molar-refractivity contribution in [1.82, 2.24) is 30.5 Å². The molecule has 33 heavy (non-hydrogen) atoms. The van der Waals surface area contributed by atoms with Crippen LogP contribution in [0, 0.1) is 0 Å². The number of hydrogen-bond acceptors (Lipinski definition) is 6. The SMILES string of the molecule is COc1cc(OC)cc(C(C)NC(=O)c2nc3cc4[nH][nH]c(-c5ccncc5)c4cc3n2)c1. The van der Waals surface area contributed by atoms with Crippen molar-refractivity contribution in [3.63, 3.8) is 0 Å².